The average molecular weight is 487 g/mol. The van der Waals surface area contributed by atoms with E-state index in [1.807, 2.05) is 36.4 Å². The van der Waals surface area contributed by atoms with E-state index >= 15 is 0 Å². The summed E-state index contributed by atoms with van der Waals surface area (Å²) in [6.45, 7) is 0.233. The number of amides is 2. The van der Waals surface area contributed by atoms with Crippen LogP contribution in [0.5, 0.6) is 0 Å². The standard InChI is InChI=1S/C28H30N4O4/c33-26(13-14-31-28(36)23-7-5-22(6-8-23)24-16-29-18-30-17-24)32-25-11-9-21(10-12-25)20-3-1-19(2-4-20)15-27(34)35/h5-12,16-20H,1-4,13-15H2,(H,31,36)(H,32,33)(H,34,35). The molecule has 0 bridgehead atoms. The van der Waals surface area contributed by atoms with Gasteiger partial charge in [-0.2, -0.15) is 0 Å². The Kier molecular flexibility index (Phi) is 8.39. The first-order chi connectivity index (χ1) is 17.5. The van der Waals surface area contributed by atoms with Gasteiger partial charge in [0.25, 0.3) is 5.91 Å². The number of aromatic nitrogens is 2. The summed E-state index contributed by atoms with van der Waals surface area (Å²) < 4.78 is 0. The molecule has 0 unspecified atom stereocenters. The van der Waals surface area contributed by atoms with E-state index in [1.165, 1.54) is 11.9 Å². The second-order valence-electron chi connectivity index (χ2n) is 9.20. The monoisotopic (exact) mass is 486 g/mol. The highest BCUT2D eigenvalue weighted by Gasteiger charge is 2.24. The van der Waals surface area contributed by atoms with Gasteiger partial charge in [-0.25, -0.2) is 9.97 Å². The molecular formula is C28H30N4O4. The molecule has 186 valence electrons. The number of hydrogen-bond donors (Lipinski definition) is 3. The number of aliphatic carboxylic acids is 1. The van der Waals surface area contributed by atoms with Crippen LogP contribution in [0.15, 0.2) is 67.3 Å². The van der Waals surface area contributed by atoms with Crippen molar-refractivity contribution in [2.45, 2.75) is 44.4 Å². The summed E-state index contributed by atoms with van der Waals surface area (Å²) in [4.78, 5) is 43.6. The minimum absolute atomic E-state index is 0.167. The van der Waals surface area contributed by atoms with Gasteiger partial charge in [0.05, 0.1) is 0 Å². The van der Waals surface area contributed by atoms with Crippen LogP contribution in [0, 0.1) is 5.92 Å². The van der Waals surface area contributed by atoms with Crippen LogP contribution < -0.4 is 10.6 Å². The lowest BCUT2D eigenvalue weighted by atomic mass is 9.77. The Morgan fingerprint density at radius 2 is 1.53 bits per heavy atom. The molecule has 3 aromatic rings. The maximum absolute atomic E-state index is 12.4. The van der Waals surface area contributed by atoms with E-state index < -0.39 is 5.97 Å². The van der Waals surface area contributed by atoms with Crippen LogP contribution in [0.2, 0.25) is 0 Å². The zero-order chi connectivity index (χ0) is 25.3. The molecule has 1 heterocycles. The fourth-order valence-electron chi connectivity index (χ4n) is 4.66. The van der Waals surface area contributed by atoms with Crippen LogP contribution in [0.3, 0.4) is 0 Å². The number of carboxylic acid groups (broad SMARTS) is 1. The van der Waals surface area contributed by atoms with E-state index in [1.54, 1.807) is 24.5 Å². The Morgan fingerprint density at radius 3 is 2.17 bits per heavy atom. The van der Waals surface area contributed by atoms with E-state index in [-0.39, 0.29) is 37.1 Å². The molecule has 2 aromatic carbocycles. The Bertz CT molecular complexity index is 1170. The number of carboxylic acids is 1. The molecule has 0 aliphatic heterocycles. The third kappa shape index (κ3) is 6.97. The third-order valence-corrected chi connectivity index (χ3v) is 6.65. The number of carbonyl (C=O) groups excluding carboxylic acids is 2. The van der Waals surface area contributed by atoms with Gasteiger partial charge in [0.1, 0.15) is 6.33 Å². The fourth-order valence-corrected chi connectivity index (χ4v) is 4.66. The summed E-state index contributed by atoms with van der Waals surface area (Å²) in [5.74, 6) is -0.407. The predicted molar refractivity (Wildman–Crippen MR) is 136 cm³/mol. The van der Waals surface area contributed by atoms with Crippen molar-refractivity contribution in [2.24, 2.45) is 5.92 Å². The predicted octanol–water partition coefficient (Wildman–Crippen LogP) is 4.65. The summed E-state index contributed by atoms with van der Waals surface area (Å²) in [5.41, 5.74) is 4.25. The van der Waals surface area contributed by atoms with E-state index in [0.717, 1.165) is 42.5 Å². The van der Waals surface area contributed by atoms with Crippen LogP contribution in [-0.4, -0.2) is 39.4 Å². The van der Waals surface area contributed by atoms with Crippen molar-refractivity contribution >= 4 is 23.5 Å². The lowest BCUT2D eigenvalue weighted by Gasteiger charge is -2.28. The molecule has 36 heavy (non-hydrogen) atoms. The molecule has 2 amide bonds. The maximum Gasteiger partial charge on any atom is 0.303 e. The maximum atomic E-state index is 12.4. The normalized spacial score (nSPS) is 17.2. The molecule has 8 heteroatoms. The van der Waals surface area contributed by atoms with Crippen molar-refractivity contribution < 1.29 is 19.5 Å². The van der Waals surface area contributed by atoms with Crippen LogP contribution in [-0.2, 0) is 9.59 Å². The first kappa shape index (κ1) is 25.0. The number of anilines is 1. The summed E-state index contributed by atoms with van der Waals surface area (Å²) in [6.07, 6.45) is 9.18. The minimum atomic E-state index is -0.716. The Morgan fingerprint density at radius 1 is 0.861 bits per heavy atom. The summed E-state index contributed by atoms with van der Waals surface area (Å²) in [6, 6.07) is 15.0. The van der Waals surface area contributed by atoms with Crippen molar-refractivity contribution in [1.29, 1.82) is 0 Å². The second-order valence-corrected chi connectivity index (χ2v) is 9.20. The summed E-state index contributed by atoms with van der Waals surface area (Å²) >= 11 is 0. The van der Waals surface area contributed by atoms with Gasteiger partial charge in [-0.3, -0.25) is 14.4 Å². The number of nitrogens with zero attached hydrogens (tertiary/aromatic N) is 2. The van der Waals surface area contributed by atoms with Gasteiger partial charge in [0.2, 0.25) is 5.91 Å². The highest BCUT2D eigenvalue weighted by Crippen LogP contribution is 2.37. The molecular weight excluding hydrogens is 456 g/mol. The van der Waals surface area contributed by atoms with Crippen molar-refractivity contribution in [2.75, 3.05) is 11.9 Å². The smallest absolute Gasteiger partial charge is 0.303 e. The van der Waals surface area contributed by atoms with Gasteiger partial charge in [0.15, 0.2) is 0 Å². The summed E-state index contributed by atoms with van der Waals surface area (Å²) in [7, 11) is 0. The minimum Gasteiger partial charge on any atom is -0.481 e. The van der Waals surface area contributed by atoms with E-state index in [4.69, 9.17) is 5.11 Å². The van der Waals surface area contributed by atoms with E-state index in [0.29, 0.717) is 11.5 Å². The van der Waals surface area contributed by atoms with Crippen molar-refractivity contribution in [3.8, 4) is 11.1 Å². The highest BCUT2D eigenvalue weighted by atomic mass is 16.4. The number of carbonyl (C=O) groups is 3. The van der Waals surface area contributed by atoms with E-state index in [9.17, 15) is 14.4 Å². The van der Waals surface area contributed by atoms with Crippen molar-refractivity contribution in [1.82, 2.24) is 15.3 Å². The molecule has 0 spiro atoms. The Hall–Kier alpha value is -4.07. The Balaban J connectivity index is 1.19. The first-order valence-corrected chi connectivity index (χ1v) is 12.2. The van der Waals surface area contributed by atoms with Crippen molar-refractivity contribution in [3.05, 3.63) is 78.4 Å². The third-order valence-electron chi connectivity index (χ3n) is 6.65. The lowest BCUT2D eigenvalue weighted by molar-refractivity contribution is -0.138. The van der Waals surface area contributed by atoms with Crippen molar-refractivity contribution in [3.63, 3.8) is 0 Å². The molecule has 1 aliphatic carbocycles. The molecule has 3 N–H and O–H groups in total. The van der Waals surface area contributed by atoms with Gasteiger partial charge in [0, 0.05) is 48.6 Å². The molecule has 1 saturated carbocycles. The fraction of sp³-hybridized carbons (Fsp3) is 0.321. The molecule has 4 rings (SSSR count). The zero-order valence-electron chi connectivity index (χ0n) is 20.0. The SMILES string of the molecule is O=C(O)CC1CCC(c2ccc(NC(=O)CCNC(=O)c3ccc(-c4cncnc4)cc3)cc2)CC1. The number of rotatable bonds is 9. The number of benzene rings is 2. The van der Waals surface area contributed by atoms with Gasteiger partial charge in [-0.15, -0.1) is 0 Å². The average Bonchev–Trinajstić information content (AvgIpc) is 2.90. The number of nitrogens with one attached hydrogen (secondary N) is 2. The summed E-state index contributed by atoms with van der Waals surface area (Å²) in [5, 5.41) is 14.6. The highest BCUT2D eigenvalue weighted by molar-refractivity contribution is 5.95. The largest absolute Gasteiger partial charge is 0.481 e. The molecule has 1 aromatic heterocycles. The first-order valence-electron chi connectivity index (χ1n) is 12.2. The second kappa shape index (κ2) is 12.1. The van der Waals surface area contributed by atoms with E-state index in [2.05, 4.69) is 20.6 Å². The number of hydrogen-bond acceptors (Lipinski definition) is 5. The Labute approximate surface area is 210 Å². The molecule has 8 nitrogen and oxygen atoms in total. The van der Waals surface area contributed by atoms with Crippen LogP contribution in [0.1, 0.15) is 60.4 Å². The van der Waals surface area contributed by atoms with Gasteiger partial charge >= 0.3 is 5.97 Å². The molecule has 0 saturated heterocycles. The van der Waals surface area contributed by atoms with Crippen LogP contribution in [0.4, 0.5) is 5.69 Å². The van der Waals surface area contributed by atoms with Gasteiger partial charge in [-0.05, 0) is 72.9 Å². The van der Waals surface area contributed by atoms with Crippen LogP contribution in [0.25, 0.3) is 11.1 Å². The van der Waals surface area contributed by atoms with Crippen LogP contribution >= 0.6 is 0 Å². The molecule has 0 radical (unpaired) electrons. The zero-order valence-corrected chi connectivity index (χ0v) is 20.0. The molecule has 0 atom stereocenters. The lowest BCUT2D eigenvalue weighted by Crippen LogP contribution is -2.27. The molecule has 1 fully saturated rings. The topological polar surface area (TPSA) is 121 Å². The molecule has 1 aliphatic rings. The van der Waals surface area contributed by atoms with Gasteiger partial charge in [-0.1, -0.05) is 24.3 Å². The van der Waals surface area contributed by atoms with Gasteiger partial charge < -0.3 is 15.7 Å². The quantitative estimate of drug-likeness (QED) is 0.405.